The molecule has 0 aromatic heterocycles. The van der Waals surface area contributed by atoms with Gasteiger partial charge in [0.15, 0.2) is 0 Å². The summed E-state index contributed by atoms with van der Waals surface area (Å²) in [6.45, 7) is 7.77. The number of nitrogen functional groups attached to an aromatic ring is 1. The average molecular weight is 538 g/mol. The normalized spacial score (nSPS) is 15.8. The minimum Gasteiger partial charge on any atom is -0.448 e. The molecule has 5 rings (SSSR count). The third kappa shape index (κ3) is 4.65. The zero-order valence-corrected chi connectivity index (χ0v) is 22.6. The number of hydrogen-bond donors (Lipinski definition) is 1. The molecule has 1 heterocycles. The average Bonchev–Trinajstić information content (AvgIpc) is 3.22. The van der Waals surface area contributed by atoms with E-state index in [9.17, 15) is 17.1 Å². The lowest BCUT2D eigenvalue weighted by Gasteiger charge is -2.35. The van der Waals surface area contributed by atoms with Gasteiger partial charge >= 0.3 is 16.3 Å². The molecule has 2 aliphatic rings. The van der Waals surface area contributed by atoms with E-state index in [0.717, 1.165) is 5.56 Å². The third-order valence-electron chi connectivity index (χ3n) is 7.99. The highest BCUT2D eigenvalue weighted by molar-refractivity contribution is 7.86. The van der Waals surface area contributed by atoms with E-state index in [-0.39, 0.29) is 29.1 Å². The van der Waals surface area contributed by atoms with Gasteiger partial charge in [0.2, 0.25) is 0 Å². The molecule has 0 saturated carbocycles. The third-order valence-corrected chi connectivity index (χ3v) is 9.09. The van der Waals surface area contributed by atoms with Crippen LogP contribution in [0, 0.1) is 20.8 Å². The quantitative estimate of drug-likeness (QED) is 0.367. The molecule has 7 nitrogen and oxygen atoms in total. The zero-order valence-electron chi connectivity index (χ0n) is 21.8. The lowest BCUT2D eigenvalue weighted by atomic mass is 9.96. The highest BCUT2D eigenvalue weighted by Gasteiger charge is 2.31. The first-order chi connectivity index (χ1) is 18.1. The predicted octanol–water partition coefficient (Wildman–Crippen LogP) is 4.92. The predicted molar refractivity (Wildman–Crippen MR) is 145 cm³/mol. The van der Waals surface area contributed by atoms with Crippen LogP contribution >= 0.6 is 0 Å². The van der Waals surface area contributed by atoms with Gasteiger partial charge in [-0.05, 0) is 65.3 Å². The number of hydrogen-bond acceptors (Lipinski definition) is 6. The maximum atomic E-state index is 14.0. The Morgan fingerprint density at radius 3 is 2.03 bits per heavy atom. The number of carbonyl (C=O) groups is 1. The lowest BCUT2D eigenvalue weighted by molar-refractivity contribution is 0.0727. The largest absolute Gasteiger partial charge is 0.448 e. The molecule has 2 N–H and O–H groups in total. The summed E-state index contributed by atoms with van der Waals surface area (Å²) in [5.41, 5.74) is 13.2. The summed E-state index contributed by atoms with van der Waals surface area (Å²) >= 11 is 0. The molecule has 38 heavy (non-hydrogen) atoms. The fourth-order valence-electron chi connectivity index (χ4n) is 5.87. The van der Waals surface area contributed by atoms with Gasteiger partial charge in [-0.3, -0.25) is 4.90 Å². The Balaban J connectivity index is 1.23. The number of nitrogens with zero attached hydrogens (tertiary/aromatic N) is 2. The van der Waals surface area contributed by atoms with Gasteiger partial charge in [0, 0.05) is 44.3 Å². The van der Waals surface area contributed by atoms with Gasteiger partial charge in [-0.2, -0.15) is 8.42 Å². The van der Waals surface area contributed by atoms with Crippen LogP contribution in [-0.2, 0) is 21.5 Å². The first-order valence-corrected chi connectivity index (χ1v) is 14.1. The summed E-state index contributed by atoms with van der Waals surface area (Å²) < 4.78 is 43.4. The number of ether oxygens (including phenoxy) is 1. The Kier molecular flexibility index (Phi) is 6.92. The first-order valence-electron chi connectivity index (χ1n) is 12.7. The summed E-state index contributed by atoms with van der Waals surface area (Å²) in [5, 5.41) is 0. The van der Waals surface area contributed by atoms with Crippen LogP contribution in [0.4, 0.5) is 14.4 Å². The van der Waals surface area contributed by atoms with Crippen LogP contribution in [0.1, 0.15) is 39.3 Å². The standard InChI is InChI=1S/C29H32FN3O4S/c1-18-25(19(2)28(38(30,35)36)20(3)27(18)31)16-32-12-14-33(15-13-32)29(34)37-17-26-23-10-6-4-8-21(23)22-9-5-7-11-24(22)26/h4-11,26H,12-17,31H2,1-3H3. The number of benzene rings is 3. The number of rotatable bonds is 5. The lowest BCUT2D eigenvalue weighted by Crippen LogP contribution is -2.48. The van der Waals surface area contributed by atoms with Crippen molar-refractivity contribution in [2.75, 3.05) is 38.5 Å². The van der Waals surface area contributed by atoms with E-state index in [4.69, 9.17) is 10.5 Å². The number of anilines is 1. The van der Waals surface area contributed by atoms with E-state index in [2.05, 4.69) is 29.2 Å². The van der Waals surface area contributed by atoms with Crippen LogP contribution < -0.4 is 5.73 Å². The minimum atomic E-state index is -4.91. The molecule has 0 radical (unpaired) electrons. The number of fused-ring (bicyclic) bond motifs is 3. The van der Waals surface area contributed by atoms with Gasteiger partial charge in [-0.1, -0.05) is 48.5 Å². The van der Waals surface area contributed by atoms with Crippen LogP contribution in [0.25, 0.3) is 11.1 Å². The van der Waals surface area contributed by atoms with Crippen molar-refractivity contribution in [3.8, 4) is 11.1 Å². The molecule has 200 valence electrons. The highest BCUT2D eigenvalue weighted by atomic mass is 32.3. The summed E-state index contributed by atoms with van der Waals surface area (Å²) in [4.78, 5) is 16.4. The maximum absolute atomic E-state index is 14.0. The molecule has 1 aliphatic heterocycles. The number of nitrogens with two attached hydrogens (primary N) is 1. The first kappa shape index (κ1) is 26.2. The molecular weight excluding hydrogens is 505 g/mol. The van der Waals surface area contributed by atoms with Gasteiger partial charge < -0.3 is 15.4 Å². The zero-order chi connectivity index (χ0) is 27.2. The van der Waals surface area contributed by atoms with E-state index in [1.54, 1.807) is 11.8 Å². The molecule has 3 aromatic rings. The minimum absolute atomic E-state index is 0.00608. The molecule has 1 saturated heterocycles. The van der Waals surface area contributed by atoms with Crippen molar-refractivity contribution < 1.29 is 21.8 Å². The van der Waals surface area contributed by atoms with E-state index in [0.29, 0.717) is 49.5 Å². The fraction of sp³-hybridized carbons (Fsp3) is 0.345. The number of piperazine rings is 1. The van der Waals surface area contributed by atoms with Gasteiger partial charge in [0.1, 0.15) is 11.5 Å². The molecule has 0 atom stereocenters. The smallest absolute Gasteiger partial charge is 0.409 e. The van der Waals surface area contributed by atoms with Crippen LogP contribution in [0.5, 0.6) is 0 Å². The molecule has 0 spiro atoms. The molecule has 9 heteroatoms. The van der Waals surface area contributed by atoms with E-state index in [1.165, 1.54) is 29.2 Å². The second-order valence-electron chi connectivity index (χ2n) is 10.1. The summed E-state index contributed by atoms with van der Waals surface area (Å²) in [5.74, 6) is 0.00608. The number of amides is 1. The summed E-state index contributed by atoms with van der Waals surface area (Å²) in [6.07, 6.45) is -0.343. The van der Waals surface area contributed by atoms with Crippen molar-refractivity contribution in [1.29, 1.82) is 0 Å². The van der Waals surface area contributed by atoms with Crippen LogP contribution in [0.15, 0.2) is 53.4 Å². The molecule has 0 bridgehead atoms. The number of halogens is 1. The van der Waals surface area contributed by atoms with Crippen molar-refractivity contribution >= 4 is 22.0 Å². The van der Waals surface area contributed by atoms with Crippen molar-refractivity contribution in [3.05, 3.63) is 81.9 Å². The molecule has 0 unspecified atom stereocenters. The molecule has 1 aliphatic carbocycles. The fourth-order valence-corrected chi connectivity index (χ4v) is 6.83. The Morgan fingerprint density at radius 1 is 0.921 bits per heavy atom. The second-order valence-corrected chi connectivity index (χ2v) is 11.4. The topological polar surface area (TPSA) is 92.9 Å². The summed E-state index contributed by atoms with van der Waals surface area (Å²) in [6, 6.07) is 16.5. The van der Waals surface area contributed by atoms with Crippen molar-refractivity contribution in [1.82, 2.24) is 9.80 Å². The maximum Gasteiger partial charge on any atom is 0.409 e. The van der Waals surface area contributed by atoms with Crippen molar-refractivity contribution in [2.45, 2.75) is 38.1 Å². The van der Waals surface area contributed by atoms with Crippen molar-refractivity contribution in [3.63, 3.8) is 0 Å². The van der Waals surface area contributed by atoms with E-state index < -0.39 is 10.2 Å². The van der Waals surface area contributed by atoms with E-state index in [1.807, 2.05) is 31.2 Å². The molecular formula is C29H32FN3O4S. The van der Waals surface area contributed by atoms with Crippen LogP contribution in [0.3, 0.4) is 0 Å². The number of carbonyl (C=O) groups excluding carboxylic acids is 1. The monoisotopic (exact) mass is 537 g/mol. The van der Waals surface area contributed by atoms with Crippen LogP contribution in [0.2, 0.25) is 0 Å². The SMILES string of the molecule is Cc1c(N)c(C)c(S(=O)(=O)F)c(C)c1CN1CCN(C(=O)OCC2c3ccccc3-c3ccccc32)CC1. The van der Waals surface area contributed by atoms with Gasteiger partial charge in [0.25, 0.3) is 0 Å². The molecule has 3 aromatic carbocycles. The molecule has 1 amide bonds. The van der Waals surface area contributed by atoms with Gasteiger partial charge in [-0.15, -0.1) is 3.89 Å². The highest BCUT2D eigenvalue weighted by Crippen LogP contribution is 2.44. The van der Waals surface area contributed by atoms with Crippen molar-refractivity contribution in [2.24, 2.45) is 0 Å². The van der Waals surface area contributed by atoms with Gasteiger partial charge in [-0.25, -0.2) is 4.79 Å². The Bertz CT molecular complexity index is 1470. The Morgan fingerprint density at radius 2 is 1.47 bits per heavy atom. The molecule has 1 fully saturated rings. The van der Waals surface area contributed by atoms with Gasteiger partial charge in [0.05, 0.1) is 0 Å². The Labute approximate surface area is 223 Å². The van der Waals surface area contributed by atoms with Crippen LogP contribution in [-0.4, -0.2) is 57.1 Å². The second kappa shape index (κ2) is 10.0. The Hall–Kier alpha value is -3.43. The summed E-state index contributed by atoms with van der Waals surface area (Å²) in [7, 11) is -4.91. The van der Waals surface area contributed by atoms with E-state index >= 15 is 0 Å².